The second kappa shape index (κ2) is 8.99. The van der Waals surface area contributed by atoms with E-state index in [2.05, 4.69) is 4.98 Å². The lowest BCUT2D eigenvalue weighted by molar-refractivity contribution is -0.147. The van der Waals surface area contributed by atoms with Crippen molar-refractivity contribution in [1.82, 2.24) is 4.98 Å². The monoisotopic (exact) mass is 381 g/mol. The molecule has 0 spiro atoms. The number of hydrogen-bond donors (Lipinski definition) is 0. The number of rotatable bonds is 7. The molecule has 4 nitrogen and oxygen atoms in total. The van der Waals surface area contributed by atoms with E-state index in [-0.39, 0.29) is 18.4 Å². The number of pyridine rings is 1. The van der Waals surface area contributed by atoms with E-state index in [0.717, 1.165) is 23.3 Å². The second-order valence-electron chi connectivity index (χ2n) is 6.11. The summed E-state index contributed by atoms with van der Waals surface area (Å²) in [6, 6.07) is 15.4. The maximum Gasteiger partial charge on any atom is 0.307 e. The lowest BCUT2D eigenvalue weighted by Crippen LogP contribution is -2.14. The van der Waals surface area contributed by atoms with E-state index in [9.17, 15) is 18.4 Å². The highest BCUT2D eigenvalue weighted by Gasteiger charge is 2.20. The van der Waals surface area contributed by atoms with E-state index in [4.69, 9.17) is 4.74 Å². The number of halogens is 2. The van der Waals surface area contributed by atoms with Crippen molar-refractivity contribution in [3.05, 3.63) is 101 Å². The van der Waals surface area contributed by atoms with Crippen LogP contribution in [0.4, 0.5) is 8.78 Å². The van der Waals surface area contributed by atoms with Gasteiger partial charge < -0.3 is 4.74 Å². The minimum Gasteiger partial charge on any atom is -0.453 e. The summed E-state index contributed by atoms with van der Waals surface area (Å²) in [5.74, 6) is -2.90. The summed E-state index contributed by atoms with van der Waals surface area (Å²) in [6.07, 6.45) is 2.10. The molecular formula is C22H17F2NO3. The van der Waals surface area contributed by atoms with Gasteiger partial charge in [0.05, 0.1) is 12.0 Å². The van der Waals surface area contributed by atoms with Crippen LogP contribution < -0.4 is 0 Å². The summed E-state index contributed by atoms with van der Waals surface area (Å²) < 4.78 is 32.2. The van der Waals surface area contributed by atoms with Gasteiger partial charge in [-0.2, -0.15) is 0 Å². The molecule has 0 amide bonds. The maximum absolute atomic E-state index is 13.7. The van der Waals surface area contributed by atoms with Gasteiger partial charge in [0.25, 0.3) is 0 Å². The van der Waals surface area contributed by atoms with Crippen LogP contribution in [0.25, 0.3) is 0 Å². The van der Waals surface area contributed by atoms with Gasteiger partial charge in [-0.15, -0.1) is 0 Å². The van der Waals surface area contributed by atoms with Gasteiger partial charge in [-0.3, -0.25) is 14.6 Å². The standard InChI is InChI=1S/C22H17F2NO3/c23-17-6-7-18(19(24)14-17)20(26)8-9-21(27)28-22(15-4-2-1-3-5-15)16-10-12-25-13-11-16/h1-7,10-14,22H,8-9H2. The topological polar surface area (TPSA) is 56.3 Å². The number of benzene rings is 2. The molecule has 0 N–H and O–H groups in total. The molecule has 1 aromatic heterocycles. The number of hydrogen-bond acceptors (Lipinski definition) is 4. The van der Waals surface area contributed by atoms with Crippen LogP contribution in [0.2, 0.25) is 0 Å². The van der Waals surface area contributed by atoms with E-state index in [1.165, 1.54) is 0 Å². The zero-order valence-corrected chi connectivity index (χ0v) is 14.8. The minimum atomic E-state index is -0.947. The number of ketones is 1. The van der Waals surface area contributed by atoms with Crippen LogP contribution in [-0.4, -0.2) is 16.7 Å². The highest BCUT2D eigenvalue weighted by atomic mass is 19.1. The average molecular weight is 381 g/mol. The van der Waals surface area contributed by atoms with Gasteiger partial charge >= 0.3 is 5.97 Å². The molecule has 3 rings (SSSR count). The van der Waals surface area contributed by atoms with Crippen molar-refractivity contribution in [3.8, 4) is 0 Å². The zero-order valence-electron chi connectivity index (χ0n) is 14.8. The lowest BCUT2D eigenvalue weighted by atomic mass is 10.0. The molecule has 142 valence electrons. The summed E-state index contributed by atoms with van der Waals surface area (Å²) in [5.41, 5.74) is 1.27. The Bertz CT molecular complexity index is 923. The normalized spacial score (nSPS) is 11.6. The van der Waals surface area contributed by atoms with Crippen LogP contribution in [0.3, 0.4) is 0 Å². The molecule has 0 aliphatic rings. The third-order valence-corrected chi connectivity index (χ3v) is 4.15. The molecular weight excluding hydrogens is 364 g/mol. The Morgan fingerprint density at radius 1 is 0.893 bits per heavy atom. The van der Waals surface area contributed by atoms with Gasteiger partial charge in [0.15, 0.2) is 11.9 Å². The first-order chi connectivity index (χ1) is 13.5. The van der Waals surface area contributed by atoms with Crippen LogP contribution in [0.1, 0.15) is 40.4 Å². The van der Waals surface area contributed by atoms with Crippen molar-refractivity contribution in [2.24, 2.45) is 0 Å². The van der Waals surface area contributed by atoms with E-state index in [1.54, 1.807) is 24.5 Å². The quantitative estimate of drug-likeness (QED) is 0.441. The molecule has 1 heterocycles. The molecule has 6 heteroatoms. The Kier molecular flexibility index (Phi) is 6.22. The summed E-state index contributed by atoms with van der Waals surface area (Å²) in [7, 11) is 0. The third kappa shape index (κ3) is 4.85. The molecule has 0 aliphatic heterocycles. The first-order valence-electron chi connectivity index (χ1n) is 8.67. The summed E-state index contributed by atoms with van der Waals surface area (Å²) in [4.78, 5) is 28.4. The van der Waals surface area contributed by atoms with E-state index in [1.807, 2.05) is 30.3 Å². The Morgan fingerprint density at radius 3 is 2.25 bits per heavy atom. The molecule has 0 saturated carbocycles. The zero-order chi connectivity index (χ0) is 19.9. The van der Waals surface area contributed by atoms with Gasteiger partial charge in [-0.05, 0) is 29.8 Å². The molecule has 28 heavy (non-hydrogen) atoms. The SMILES string of the molecule is O=C(CCC(=O)c1ccc(F)cc1F)OC(c1ccccc1)c1ccncc1. The van der Waals surface area contributed by atoms with Crippen molar-refractivity contribution in [1.29, 1.82) is 0 Å². The first-order valence-corrected chi connectivity index (χ1v) is 8.67. The van der Waals surface area contributed by atoms with Crippen LogP contribution >= 0.6 is 0 Å². The van der Waals surface area contributed by atoms with E-state index in [0.29, 0.717) is 6.07 Å². The van der Waals surface area contributed by atoms with Crippen LogP contribution in [0.15, 0.2) is 73.1 Å². The molecule has 0 bridgehead atoms. The number of carbonyl (C=O) groups excluding carboxylic acids is 2. The average Bonchev–Trinajstić information content (AvgIpc) is 2.71. The van der Waals surface area contributed by atoms with Crippen molar-refractivity contribution in [2.45, 2.75) is 18.9 Å². The van der Waals surface area contributed by atoms with Gasteiger partial charge in [-0.25, -0.2) is 8.78 Å². The van der Waals surface area contributed by atoms with Crippen molar-refractivity contribution >= 4 is 11.8 Å². The maximum atomic E-state index is 13.7. The van der Waals surface area contributed by atoms with Gasteiger partial charge in [0, 0.05) is 30.4 Å². The lowest BCUT2D eigenvalue weighted by Gasteiger charge is -2.18. The summed E-state index contributed by atoms with van der Waals surface area (Å²) in [5, 5.41) is 0. The third-order valence-electron chi connectivity index (χ3n) is 4.15. The Labute approximate surface area is 160 Å². The highest BCUT2D eigenvalue weighted by Crippen LogP contribution is 2.26. The Hall–Kier alpha value is -3.41. The molecule has 1 unspecified atom stereocenters. The van der Waals surface area contributed by atoms with E-state index < -0.39 is 29.5 Å². The minimum absolute atomic E-state index is 0.218. The van der Waals surface area contributed by atoms with Crippen molar-refractivity contribution in [3.63, 3.8) is 0 Å². The molecule has 2 aromatic carbocycles. The Morgan fingerprint density at radius 2 is 1.57 bits per heavy atom. The molecule has 1 atom stereocenters. The van der Waals surface area contributed by atoms with Gasteiger partial charge in [0.1, 0.15) is 11.6 Å². The number of nitrogens with zero attached hydrogens (tertiary/aromatic N) is 1. The molecule has 0 fully saturated rings. The van der Waals surface area contributed by atoms with Gasteiger partial charge in [-0.1, -0.05) is 30.3 Å². The predicted octanol–water partition coefficient (Wildman–Crippen LogP) is 4.66. The number of esters is 1. The predicted molar refractivity (Wildman–Crippen MR) is 98.5 cm³/mol. The number of carbonyl (C=O) groups is 2. The highest BCUT2D eigenvalue weighted by molar-refractivity contribution is 5.97. The smallest absolute Gasteiger partial charge is 0.307 e. The van der Waals surface area contributed by atoms with Crippen molar-refractivity contribution in [2.75, 3.05) is 0 Å². The fourth-order valence-corrected chi connectivity index (χ4v) is 2.75. The fraction of sp³-hybridized carbons (Fsp3) is 0.136. The molecule has 0 saturated heterocycles. The summed E-state index contributed by atoms with van der Waals surface area (Å²) >= 11 is 0. The largest absolute Gasteiger partial charge is 0.453 e. The van der Waals surface area contributed by atoms with Gasteiger partial charge in [0.2, 0.25) is 0 Å². The summed E-state index contributed by atoms with van der Waals surface area (Å²) in [6.45, 7) is 0. The molecule has 0 radical (unpaired) electrons. The van der Waals surface area contributed by atoms with Crippen LogP contribution in [0.5, 0.6) is 0 Å². The number of ether oxygens (including phenoxy) is 1. The second-order valence-corrected chi connectivity index (χ2v) is 6.11. The van der Waals surface area contributed by atoms with E-state index >= 15 is 0 Å². The molecule has 0 aliphatic carbocycles. The first kappa shape index (κ1) is 19.4. The van der Waals surface area contributed by atoms with Crippen LogP contribution in [-0.2, 0) is 9.53 Å². The molecule has 3 aromatic rings. The van der Waals surface area contributed by atoms with Crippen LogP contribution in [0, 0.1) is 11.6 Å². The number of Topliss-reactive ketones (excluding diaryl/α,β-unsaturated/α-hetero) is 1. The Balaban J connectivity index is 1.68. The van der Waals surface area contributed by atoms with Crippen molar-refractivity contribution < 1.29 is 23.1 Å². The fourth-order valence-electron chi connectivity index (χ4n) is 2.75. The number of aromatic nitrogens is 1.